The second kappa shape index (κ2) is 8.94. The maximum Gasteiger partial charge on any atom is 0.252 e. The highest BCUT2D eigenvalue weighted by Gasteiger charge is 2.28. The van der Waals surface area contributed by atoms with Gasteiger partial charge in [0.2, 0.25) is 10.0 Å². The van der Waals surface area contributed by atoms with Crippen molar-refractivity contribution in [2.45, 2.75) is 24.7 Å². The van der Waals surface area contributed by atoms with Gasteiger partial charge < -0.3 is 10.1 Å². The first-order chi connectivity index (χ1) is 13.4. The Hall–Kier alpha value is -2.09. The minimum absolute atomic E-state index is 0.0833. The fourth-order valence-corrected chi connectivity index (χ4v) is 4.80. The van der Waals surface area contributed by atoms with Gasteiger partial charge in [0.25, 0.3) is 5.91 Å². The van der Waals surface area contributed by atoms with Crippen LogP contribution >= 0.6 is 11.6 Å². The Kier molecular flexibility index (Phi) is 6.59. The number of halogens is 1. The number of nitrogens with zero attached hydrogens (tertiary/aromatic N) is 1. The summed E-state index contributed by atoms with van der Waals surface area (Å²) in [5.41, 5.74) is 1.22. The number of nitrogens with one attached hydrogen (secondary N) is 1. The van der Waals surface area contributed by atoms with E-state index in [-0.39, 0.29) is 22.0 Å². The standard InChI is InChI=1S/C20H23ClN2O4S/c1-15-5-4-6-16(13-15)27-12-9-22-20(24)18-14-17(7-8-19(18)21)28(25,26)23-10-2-3-11-23/h4-8,13-14H,2-3,9-12H2,1H3,(H,22,24). The third-order valence-corrected chi connectivity index (χ3v) is 6.76. The molecule has 0 aliphatic carbocycles. The number of aryl methyl sites for hydroxylation is 1. The molecule has 6 nitrogen and oxygen atoms in total. The first-order valence-electron chi connectivity index (χ1n) is 9.15. The van der Waals surface area contributed by atoms with E-state index in [4.69, 9.17) is 16.3 Å². The highest BCUT2D eigenvalue weighted by molar-refractivity contribution is 7.89. The zero-order chi connectivity index (χ0) is 20.1. The van der Waals surface area contributed by atoms with E-state index >= 15 is 0 Å². The lowest BCUT2D eigenvalue weighted by molar-refractivity contribution is 0.0947. The molecule has 0 atom stereocenters. The third-order valence-electron chi connectivity index (χ3n) is 4.53. The van der Waals surface area contributed by atoms with Crippen LogP contribution in [0, 0.1) is 6.92 Å². The Morgan fingerprint density at radius 2 is 1.93 bits per heavy atom. The van der Waals surface area contributed by atoms with Gasteiger partial charge in [-0.2, -0.15) is 4.31 Å². The van der Waals surface area contributed by atoms with Crippen molar-refractivity contribution < 1.29 is 17.9 Å². The number of rotatable bonds is 7. The first-order valence-corrected chi connectivity index (χ1v) is 11.0. The molecule has 0 spiro atoms. The zero-order valence-electron chi connectivity index (χ0n) is 15.7. The van der Waals surface area contributed by atoms with E-state index in [1.54, 1.807) is 0 Å². The molecule has 1 fully saturated rings. The van der Waals surface area contributed by atoms with Crippen LogP contribution in [0.25, 0.3) is 0 Å². The molecule has 1 aliphatic rings. The van der Waals surface area contributed by atoms with Crippen molar-refractivity contribution in [1.82, 2.24) is 9.62 Å². The molecule has 0 unspecified atom stereocenters. The van der Waals surface area contributed by atoms with E-state index in [0.29, 0.717) is 19.7 Å². The summed E-state index contributed by atoms with van der Waals surface area (Å²) in [6.07, 6.45) is 1.70. The summed E-state index contributed by atoms with van der Waals surface area (Å²) >= 11 is 6.13. The summed E-state index contributed by atoms with van der Waals surface area (Å²) in [5, 5.41) is 2.92. The molecule has 2 aromatic rings. The minimum atomic E-state index is -3.61. The molecule has 28 heavy (non-hydrogen) atoms. The van der Waals surface area contributed by atoms with Gasteiger partial charge in [0.1, 0.15) is 12.4 Å². The molecule has 1 amide bonds. The Balaban J connectivity index is 1.63. The van der Waals surface area contributed by atoms with Crippen molar-refractivity contribution >= 4 is 27.5 Å². The fraction of sp³-hybridized carbons (Fsp3) is 0.350. The average molecular weight is 423 g/mol. The van der Waals surface area contributed by atoms with E-state index in [1.165, 1.54) is 22.5 Å². The van der Waals surface area contributed by atoms with Gasteiger partial charge in [-0.15, -0.1) is 0 Å². The van der Waals surface area contributed by atoms with Crippen molar-refractivity contribution in [2.75, 3.05) is 26.2 Å². The van der Waals surface area contributed by atoms with Crippen LogP contribution in [0.1, 0.15) is 28.8 Å². The third kappa shape index (κ3) is 4.84. The zero-order valence-corrected chi connectivity index (χ0v) is 17.2. The van der Waals surface area contributed by atoms with Crippen LogP contribution in [0.15, 0.2) is 47.4 Å². The summed E-state index contributed by atoms with van der Waals surface area (Å²) in [5.74, 6) is 0.294. The highest BCUT2D eigenvalue weighted by Crippen LogP contribution is 2.25. The SMILES string of the molecule is Cc1cccc(OCCNC(=O)c2cc(S(=O)(=O)N3CCCC3)ccc2Cl)c1. The van der Waals surface area contributed by atoms with Gasteiger partial charge in [0.05, 0.1) is 22.0 Å². The van der Waals surface area contributed by atoms with E-state index < -0.39 is 15.9 Å². The molecule has 150 valence electrons. The molecule has 0 bridgehead atoms. The van der Waals surface area contributed by atoms with Crippen molar-refractivity contribution in [2.24, 2.45) is 0 Å². The molecule has 1 saturated heterocycles. The van der Waals surface area contributed by atoms with Crippen LogP contribution in [0.2, 0.25) is 5.02 Å². The number of carbonyl (C=O) groups excluding carboxylic acids is 1. The van der Waals surface area contributed by atoms with E-state index in [1.807, 2.05) is 31.2 Å². The smallest absolute Gasteiger partial charge is 0.252 e. The first kappa shape index (κ1) is 20.6. The number of hydrogen-bond donors (Lipinski definition) is 1. The molecule has 0 radical (unpaired) electrons. The minimum Gasteiger partial charge on any atom is -0.492 e. The largest absolute Gasteiger partial charge is 0.492 e. The van der Waals surface area contributed by atoms with E-state index in [9.17, 15) is 13.2 Å². The molecule has 0 saturated carbocycles. The van der Waals surface area contributed by atoms with Gasteiger partial charge in [-0.3, -0.25) is 4.79 Å². The molecule has 1 heterocycles. The van der Waals surface area contributed by atoms with Crippen LogP contribution in [-0.4, -0.2) is 44.9 Å². The van der Waals surface area contributed by atoms with Crippen LogP contribution in [-0.2, 0) is 10.0 Å². The summed E-state index contributed by atoms with van der Waals surface area (Å²) in [6.45, 7) is 3.54. The highest BCUT2D eigenvalue weighted by atomic mass is 35.5. The second-order valence-corrected chi connectivity index (χ2v) is 9.02. The summed E-state index contributed by atoms with van der Waals surface area (Å²) < 4.78 is 32.4. The van der Waals surface area contributed by atoms with Crippen molar-refractivity contribution in [1.29, 1.82) is 0 Å². The monoisotopic (exact) mass is 422 g/mol. The molecule has 1 N–H and O–H groups in total. The second-order valence-electron chi connectivity index (χ2n) is 6.67. The summed E-state index contributed by atoms with van der Waals surface area (Å²) in [4.78, 5) is 12.6. The van der Waals surface area contributed by atoms with Gasteiger partial charge >= 0.3 is 0 Å². The molecule has 3 rings (SSSR count). The Morgan fingerprint density at radius 1 is 1.18 bits per heavy atom. The number of hydrogen-bond acceptors (Lipinski definition) is 4. The normalized spacial score (nSPS) is 14.8. The topological polar surface area (TPSA) is 75.7 Å². The maximum absolute atomic E-state index is 12.7. The van der Waals surface area contributed by atoms with Gasteiger partial charge in [-0.05, 0) is 55.7 Å². The van der Waals surface area contributed by atoms with Gasteiger partial charge in [0.15, 0.2) is 0 Å². The van der Waals surface area contributed by atoms with Crippen molar-refractivity contribution in [3.8, 4) is 5.75 Å². The van der Waals surface area contributed by atoms with E-state index in [2.05, 4.69) is 5.32 Å². The molecule has 2 aromatic carbocycles. The molecule has 8 heteroatoms. The van der Waals surface area contributed by atoms with Crippen LogP contribution in [0.5, 0.6) is 5.75 Å². The molecule has 1 aliphatic heterocycles. The van der Waals surface area contributed by atoms with Gasteiger partial charge in [-0.1, -0.05) is 23.7 Å². The lowest BCUT2D eigenvalue weighted by Gasteiger charge is -2.16. The number of carbonyl (C=O) groups is 1. The molecular formula is C20H23ClN2O4S. The number of sulfonamides is 1. The Morgan fingerprint density at radius 3 is 2.64 bits per heavy atom. The number of benzene rings is 2. The molecular weight excluding hydrogens is 400 g/mol. The average Bonchev–Trinajstić information content (AvgIpc) is 3.21. The van der Waals surface area contributed by atoms with Crippen LogP contribution in [0.4, 0.5) is 0 Å². The van der Waals surface area contributed by atoms with E-state index in [0.717, 1.165) is 24.2 Å². The number of ether oxygens (including phenoxy) is 1. The lowest BCUT2D eigenvalue weighted by Crippen LogP contribution is -2.30. The number of amides is 1. The van der Waals surface area contributed by atoms with Gasteiger partial charge in [0, 0.05) is 13.1 Å². The van der Waals surface area contributed by atoms with Crippen LogP contribution < -0.4 is 10.1 Å². The Labute approximate surface area is 170 Å². The quantitative estimate of drug-likeness (QED) is 0.695. The van der Waals surface area contributed by atoms with Crippen LogP contribution in [0.3, 0.4) is 0 Å². The summed E-state index contributed by atoms with van der Waals surface area (Å²) in [6, 6.07) is 11.8. The fourth-order valence-electron chi connectivity index (χ4n) is 3.05. The summed E-state index contributed by atoms with van der Waals surface area (Å²) in [7, 11) is -3.61. The Bertz CT molecular complexity index is 956. The predicted molar refractivity (Wildman–Crippen MR) is 108 cm³/mol. The van der Waals surface area contributed by atoms with Crippen molar-refractivity contribution in [3.05, 3.63) is 58.6 Å². The van der Waals surface area contributed by atoms with Gasteiger partial charge in [-0.25, -0.2) is 8.42 Å². The predicted octanol–water partition coefficient (Wildman–Crippen LogP) is 3.24. The lowest BCUT2D eigenvalue weighted by atomic mass is 10.2. The maximum atomic E-state index is 12.7. The van der Waals surface area contributed by atoms with Crippen molar-refractivity contribution in [3.63, 3.8) is 0 Å². The molecule has 0 aromatic heterocycles.